The van der Waals surface area contributed by atoms with Crippen molar-refractivity contribution in [2.24, 2.45) is 5.92 Å². The second kappa shape index (κ2) is 6.35. The molecule has 2 aliphatic rings. The molecule has 1 saturated heterocycles. The quantitative estimate of drug-likeness (QED) is 0.860. The number of piperazine rings is 1. The predicted molar refractivity (Wildman–Crippen MR) is 81.7 cm³/mol. The van der Waals surface area contributed by atoms with Crippen LogP contribution in [0.15, 0.2) is 17.5 Å². The fourth-order valence-electron chi connectivity index (χ4n) is 2.85. The van der Waals surface area contributed by atoms with Crippen molar-refractivity contribution in [2.45, 2.75) is 18.9 Å². The van der Waals surface area contributed by atoms with E-state index < -0.39 is 0 Å². The maximum absolute atomic E-state index is 3.80. The van der Waals surface area contributed by atoms with E-state index in [1.54, 1.807) is 0 Å². The van der Waals surface area contributed by atoms with Crippen LogP contribution in [0.3, 0.4) is 0 Å². The molecule has 3 rings (SSSR count). The molecule has 106 valence electrons. The van der Waals surface area contributed by atoms with Gasteiger partial charge < -0.3 is 10.2 Å². The Morgan fingerprint density at radius 1 is 1.32 bits per heavy atom. The summed E-state index contributed by atoms with van der Waals surface area (Å²) in [5.41, 5.74) is 0. The van der Waals surface area contributed by atoms with E-state index in [4.69, 9.17) is 0 Å². The minimum Gasteiger partial charge on any atom is -0.308 e. The van der Waals surface area contributed by atoms with Crippen molar-refractivity contribution in [3.8, 4) is 0 Å². The summed E-state index contributed by atoms with van der Waals surface area (Å²) in [4.78, 5) is 6.54. The molecule has 1 unspecified atom stereocenters. The molecular weight excluding hydrogens is 254 g/mol. The largest absolute Gasteiger partial charge is 0.308 e. The average molecular weight is 279 g/mol. The molecule has 1 aromatic heterocycles. The van der Waals surface area contributed by atoms with Crippen LogP contribution in [0.4, 0.5) is 0 Å². The van der Waals surface area contributed by atoms with Crippen molar-refractivity contribution < 1.29 is 0 Å². The van der Waals surface area contributed by atoms with Crippen LogP contribution in [-0.4, -0.2) is 56.1 Å². The maximum atomic E-state index is 3.80. The highest BCUT2D eigenvalue weighted by Crippen LogP contribution is 2.42. The van der Waals surface area contributed by atoms with Gasteiger partial charge in [0.25, 0.3) is 0 Å². The molecule has 0 aromatic carbocycles. The summed E-state index contributed by atoms with van der Waals surface area (Å²) < 4.78 is 0. The molecule has 2 fully saturated rings. The van der Waals surface area contributed by atoms with Crippen LogP contribution >= 0.6 is 11.3 Å². The first-order valence-electron chi connectivity index (χ1n) is 7.50. The smallest absolute Gasteiger partial charge is 0.0443 e. The Labute approximate surface area is 120 Å². The Morgan fingerprint density at radius 3 is 2.74 bits per heavy atom. The lowest BCUT2D eigenvalue weighted by molar-refractivity contribution is 0.153. The van der Waals surface area contributed by atoms with Crippen LogP contribution in [0, 0.1) is 5.92 Å². The highest BCUT2D eigenvalue weighted by Gasteiger charge is 2.32. The minimum atomic E-state index is 0.618. The molecule has 1 aliphatic carbocycles. The van der Waals surface area contributed by atoms with Crippen molar-refractivity contribution >= 4 is 11.3 Å². The zero-order chi connectivity index (χ0) is 13.1. The SMILES string of the molecule is CN1CCN(CCNC(c2cccs2)C2CC2)CC1. The monoisotopic (exact) mass is 279 g/mol. The normalized spacial score (nSPS) is 23.6. The van der Waals surface area contributed by atoms with Gasteiger partial charge in [0.1, 0.15) is 0 Å². The van der Waals surface area contributed by atoms with Gasteiger partial charge in [-0.05, 0) is 37.3 Å². The van der Waals surface area contributed by atoms with Gasteiger partial charge in [0.2, 0.25) is 0 Å². The first-order valence-corrected chi connectivity index (χ1v) is 8.38. The molecule has 1 aromatic rings. The molecule has 0 radical (unpaired) electrons. The standard InChI is InChI=1S/C15H25N3S/c1-17-8-10-18(11-9-17)7-6-16-15(13-4-5-13)14-3-2-12-19-14/h2-3,12-13,15-16H,4-11H2,1H3. The van der Waals surface area contributed by atoms with Crippen LogP contribution in [0.5, 0.6) is 0 Å². The second-order valence-electron chi connectivity index (χ2n) is 5.93. The third-order valence-electron chi connectivity index (χ3n) is 4.33. The van der Waals surface area contributed by atoms with E-state index in [0.717, 1.165) is 12.5 Å². The summed E-state index contributed by atoms with van der Waals surface area (Å²) in [5.74, 6) is 0.895. The summed E-state index contributed by atoms with van der Waals surface area (Å²) >= 11 is 1.90. The number of hydrogen-bond donors (Lipinski definition) is 1. The Balaban J connectivity index is 1.43. The first kappa shape index (κ1) is 13.6. The maximum Gasteiger partial charge on any atom is 0.0443 e. The lowest BCUT2D eigenvalue weighted by atomic mass is 10.1. The van der Waals surface area contributed by atoms with E-state index in [1.807, 2.05) is 11.3 Å². The summed E-state index contributed by atoms with van der Waals surface area (Å²) in [5, 5.41) is 6.00. The zero-order valence-corrected chi connectivity index (χ0v) is 12.7. The van der Waals surface area contributed by atoms with Gasteiger partial charge in [-0.15, -0.1) is 11.3 Å². The van der Waals surface area contributed by atoms with E-state index >= 15 is 0 Å². The highest BCUT2D eigenvalue weighted by atomic mass is 32.1. The highest BCUT2D eigenvalue weighted by molar-refractivity contribution is 7.10. The van der Waals surface area contributed by atoms with Gasteiger partial charge in [-0.3, -0.25) is 4.90 Å². The molecule has 19 heavy (non-hydrogen) atoms. The Bertz CT molecular complexity index is 367. The van der Waals surface area contributed by atoms with Gasteiger partial charge >= 0.3 is 0 Å². The molecule has 0 amide bonds. The van der Waals surface area contributed by atoms with Crippen LogP contribution in [0.2, 0.25) is 0 Å². The fourth-order valence-corrected chi connectivity index (χ4v) is 3.74. The van der Waals surface area contributed by atoms with E-state index in [1.165, 1.54) is 50.4 Å². The van der Waals surface area contributed by atoms with Gasteiger partial charge in [-0.1, -0.05) is 6.07 Å². The molecule has 4 heteroatoms. The average Bonchev–Trinajstić information content (AvgIpc) is 3.11. The van der Waals surface area contributed by atoms with Gasteiger partial charge in [0.15, 0.2) is 0 Å². The molecule has 3 nitrogen and oxygen atoms in total. The summed E-state index contributed by atoms with van der Waals surface area (Å²) in [6, 6.07) is 5.08. The van der Waals surface area contributed by atoms with Crippen LogP contribution < -0.4 is 5.32 Å². The Kier molecular flexibility index (Phi) is 4.53. The van der Waals surface area contributed by atoms with Gasteiger partial charge in [-0.25, -0.2) is 0 Å². The van der Waals surface area contributed by atoms with Crippen molar-refractivity contribution in [1.29, 1.82) is 0 Å². The summed E-state index contributed by atoms with van der Waals surface area (Å²) in [6.07, 6.45) is 2.81. The Morgan fingerprint density at radius 2 is 2.11 bits per heavy atom. The lowest BCUT2D eigenvalue weighted by Crippen LogP contribution is -2.46. The fraction of sp³-hybridized carbons (Fsp3) is 0.733. The molecule has 1 aliphatic heterocycles. The first-order chi connectivity index (χ1) is 9.33. The molecule has 0 spiro atoms. The predicted octanol–water partition coefficient (Wildman–Crippen LogP) is 2.04. The van der Waals surface area contributed by atoms with Crippen molar-refractivity contribution in [2.75, 3.05) is 46.3 Å². The number of thiophene rings is 1. The summed E-state index contributed by atoms with van der Waals surface area (Å²) in [7, 11) is 2.22. The van der Waals surface area contributed by atoms with Crippen molar-refractivity contribution in [3.63, 3.8) is 0 Å². The molecule has 2 heterocycles. The second-order valence-corrected chi connectivity index (χ2v) is 6.91. The van der Waals surface area contributed by atoms with Gasteiger partial charge in [-0.2, -0.15) is 0 Å². The lowest BCUT2D eigenvalue weighted by Gasteiger charge is -2.32. The van der Waals surface area contributed by atoms with Crippen molar-refractivity contribution in [3.05, 3.63) is 22.4 Å². The molecular formula is C15H25N3S. The number of nitrogens with zero attached hydrogens (tertiary/aromatic N) is 2. The van der Waals surface area contributed by atoms with Gasteiger partial charge in [0.05, 0.1) is 0 Å². The van der Waals surface area contributed by atoms with E-state index in [2.05, 4.69) is 39.7 Å². The van der Waals surface area contributed by atoms with Crippen LogP contribution in [0.25, 0.3) is 0 Å². The zero-order valence-electron chi connectivity index (χ0n) is 11.8. The number of nitrogens with one attached hydrogen (secondary N) is 1. The van der Waals surface area contributed by atoms with Crippen LogP contribution in [0.1, 0.15) is 23.8 Å². The molecule has 1 saturated carbocycles. The topological polar surface area (TPSA) is 18.5 Å². The van der Waals surface area contributed by atoms with E-state index in [9.17, 15) is 0 Å². The Hall–Kier alpha value is -0.420. The molecule has 1 N–H and O–H groups in total. The van der Waals surface area contributed by atoms with Crippen molar-refractivity contribution in [1.82, 2.24) is 15.1 Å². The third-order valence-corrected chi connectivity index (χ3v) is 5.29. The van der Waals surface area contributed by atoms with Crippen LogP contribution in [-0.2, 0) is 0 Å². The number of likely N-dealkylation sites (N-methyl/N-ethyl adjacent to an activating group) is 1. The van der Waals surface area contributed by atoms with E-state index in [-0.39, 0.29) is 0 Å². The number of rotatable bonds is 6. The number of hydrogen-bond acceptors (Lipinski definition) is 4. The van der Waals surface area contributed by atoms with Gasteiger partial charge in [0, 0.05) is 50.2 Å². The summed E-state index contributed by atoms with van der Waals surface area (Å²) in [6.45, 7) is 7.22. The van der Waals surface area contributed by atoms with E-state index in [0.29, 0.717) is 6.04 Å². The molecule has 1 atom stereocenters. The minimum absolute atomic E-state index is 0.618. The third kappa shape index (κ3) is 3.78. The molecule has 0 bridgehead atoms.